The summed E-state index contributed by atoms with van der Waals surface area (Å²) < 4.78 is 0. The fraction of sp³-hybridized carbons (Fsp3) is 0.714. The number of hydrogen-bond donors (Lipinski definition) is 0. The van der Waals surface area contributed by atoms with E-state index >= 15 is 0 Å². The molecular weight excluding hydrogens is 141 g/mol. The maximum absolute atomic E-state index is 11.1. The molecule has 11 heavy (non-hydrogen) atoms. The molecule has 0 aromatic heterocycles. The molecule has 0 spiro atoms. The highest BCUT2D eigenvalue weighted by atomic mass is 16.1. The summed E-state index contributed by atoms with van der Waals surface area (Å²) >= 11 is 0. The number of rotatable bonds is 4. The van der Waals surface area contributed by atoms with Gasteiger partial charge in [0.2, 0.25) is 0 Å². The number of aldehydes is 1. The molecule has 0 aromatic carbocycles. The molecule has 0 heterocycles. The van der Waals surface area contributed by atoms with Crippen molar-refractivity contribution < 1.29 is 9.59 Å². The third kappa shape index (κ3) is 1.35. The Hall–Kier alpha value is -0.635. The van der Waals surface area contributed by atoms with Crippen molar-refractivity contribution in [3.05, 3.63) is 0 Å². The van der Waals surface area contributed by atoms with Crippen LogP contribution in [0, 0.1) is 0 Å². The first-order chi connectivity index (χ1) is 5.13. The molecule has 3 nitrogen and oxygen atoms in total. The van der Waals surface area contributed by atoms with Crippen LogP contribution >= 0.6 is 0 Å². The summed E-state index contributed by atoms with van der Waals surface area (Å²) in [7, 11) is 3.41. The van der Waals surface area contributed by atoms with Crippen LogP contribution in [0.2, 0.25) is 0 Å². The van der Waals surface area contributed by atoms with E-state index < -0.39 is 0 Å². The van der Waals surface area contributed by atoms with Crippen molar-refractivity contribution in [2.45, 2.75) is 18.4 Å². The first-order valence-electron chi connectivity index (χ1n) is 3.79. The van der Waals surface area contributed by atoms with Crippen molar-refractivity contribution in [3.63, 3.8) is 0 Å². The van der Waals surface area contributed by atoms with Gasteiger partial charge < -0.3 is 9.59 Å². The smallest absolute Gasteiger partial charge is 0.189 e. The summed E-state index contributed by atoms with van der Waals surface area (Å²) in [6, 6.07) is 0. The van der Waals surface area contributed by atoms with E-state index in [4.69, 9.17) is 0 Å². The Bertz CT molecular complexity index is 189. The molecule has 0 atom stereocenters. The molecule has 1 saturated carbocycles. The Morgan fingerprint density at radius 2 is 2.27 bits per heavy atom. The largest absolute Gasteiger partial charge is 0.310 e. The standard InChI is InChI=1S/C7H12BNO2/c1-9(4-5-10)7(2-3-7)6(8)11/h5H,2-4,8H2,1H3. The zero-order valence-corrected chi connectivity index (χ0v) is 6.96. The van der Waals surface area contributed by atoms with Gasteiger partial charge in [0.05, 0.1) is 12.1 Å². The zero-order valence-electron chi connectivity index (χ0n) is 6.96. The molecule has 1 fully saturated rings. The third-order valence-electron chi connectivity index (χ3n) is 2.46. The predicted molar refractivity (Wildman–Crippen MR) is 44.2 cm³/mol. The van der Waals surface area contributed by atoms with Gasteiger partial charge >= 0.3 is 0 Å². The van der Waals surface area contributed by atoms with Crippen molar-refractivity contribution in [2.24, 2.45) is 0 Å². The van der Waals surface area contributed by atoms with Crippen LogP contribution in [0.1, 0.15) is 12.8 Å². The van der Waals surface area contributed by atoms with Crippen LogP contribution in [0.25, 0.3) is 0 Å². The monoisotopic (exact) mass is 153 g/mol. The lowest BCUT2D eigenvalue weighted by atomic mass is 9.92. The molecular formula is C7H12BNO2. The lowest BCUT2D eigenvalue weighted by Gasteiger charge is -2.23. The Kier molecular flexibility index (Phi) is 2.14. The fourth-order valence-corrected chi connectivity index (χ4v) is 1.41. The molecule has 4 heteroatoms. The van der Waals surface area contributed by atoms with E-state index in [1.165, 1.54) is 0 Å². The van der Waals surface area contributed by atoms with Crippen LogP contribution in [0.3, 0.4) is 0 Å². The van der Waals surface area contributed by atoms with E-state index in [2.05, 4.69) is 0 Å². The molecule has 0 aliphatic heterocycles. The fourth-order valence-electron chi connectivity index (χ4n) is 1.41. The highest BCUT2D eigenvalue weighted by molar-refractivity contribution is 6.60. The molecule has 1 aliphatic rings. The van der Waals surface area contributed by atoms with Gasteiger partial charge in [-0.3, -0.25) is 4.90 Å². The van der Waals surface area contributed by atoms with Gasteiger partial charge in [-0.1, -0.05) is 0 Å². The van der Waals surface area contributed by atoms with Crippen molar-refractivity contribution >= 4 is 19.8 Å². The number of carbonyl (C=O) groups excluding carboxylic acids is 2. The topological polar surface area (TPSA) is 37.4 Å². The lowest BCUT2D eigenvalue weighted by molar-refractivity contribution is -0.118. The predicted octanol–water partition coefficient (Wildman–Crippen LogP) is -1.19. The van der Waals surface area contributed by atoms with Crippen molar-refractivity contribution in [1.82, 2.24) is 4.90 Å². The highest BCUT2D eigenvalue weighted by Gasteiger charge is 2.49. The number of likely N-dealkylation sites (N-methyl/N-ethyl adjacent to an activating group) is 1. The molecule has 0 N–H and O–H groups in total. The van der Waals surface area contributed by atoms with Gasteiger partial charge in [0, 0.05) is 0 Å². The zero-order chi connectivity index (χ0) is 8.48. The maximum atomic E-state index is 11.1. The summed E-state index contributed by atoms with van der Waals surface area (Å²) in [6.45, 7) is 0.361. The summed E-state index contributed by atoms with van der Waals surface area (Å²) in [5.74, 6) is 0. The van der Waals surface area contributed by atoms with Gasteiger partial charge in [0.15, 0.2) is 7.85 Å². The molecule has 0 saturated heterocycles. The van der Waals surface area contributed by atoms with Crippen molar-refractivity contribution in [2.75, 3.05) is 13.6 Å². The third-order valence-corrected chi connectivity index (χ3v) is 2.46. The molecule has 0 radical (unpaired) electrons. The van der Waals surface area contributed by atoms with E-state index in [1.54, 1.807) is 7.85 Å². The van der Waals surface area contributed by atoms with E-state index in [-0.39, 0.29) is 11.2 Å². The van der Waals surface area contributed by atoms with Crippen LogP contribution in [0.4, 0.5) is 0 Å². The Balaban J connectivity index is 2.57. The molecule has 0 bridgehead atoms. The van der Waals surface area contributed by atoms with E-state index in [0.29, 0.717) is 6.54 Å². The molecule has 0 unspecified atom stereocenters. The van der Waals surface area contributed by atoms with Crippen LogP contribution in [0.5, 0.6) is 0 Å². The molecule has 0 aromatic rings. The minimum absolute atomic E-state index is 0.182. The van der Waals surface area contributed by atoms with Gasteiger partial charge in [-0.2, -0.15) is 0 Å². The van der Waals surface area contributed by atoms with E-state index in [9.17, 15) is 9.59 Å². The highest BCUT2D eigenvalue weighted by Crippen LogP contribution is 2.40. The molecule has 1 aliphatic carbocycles. The number of hydrogen-bond acceptors (Lipinski definition) is 3. The number of carbonyl (C=O) groups is 2. The quantitative estimate of drug-likeness (QED) is 0.376. The maximum Gasteiger partial charge on any atom is 0.189 e. The van der Waals surface area contributed by atoms with E-state index in [1.807, 2.05) is 11.9 Å². The molecule has 1 rings (SSSR count). The Morgan fingerprint density at radius 1 is 1.73 bits per heavy atom. The lowest BCUT2D eigenvalue weighted by Crippen LogP contribution is -2.42. The van der Waals surface area contributed by atoms with Crippen molar-refractivity contribution in [1.29, 1.82) is 0 Å². The second-order valence-corrected chi connectivity index (χ2v) is 3.13. The van der Waals surface area contributed by atoms with Gasteiger partial charge in [0.1, 0.15) is 12.0 Å². The number of nitrogens with zero attached hydrogens (tertiary/aromatic N) is 1. The second-order valence-electron chi connectivity index (χ2n) is 3.13. The summed E-state index contributed by atoms with van der Waals surface area (Å²) in [5.41, 5.74) is -0.0946. The summed E-state index contributed by atoms with van der Waals surface area (Å²) in [6.07, 6.45) is 2.66. The van der Waals surface area contributed by atoms with Gasteiger partial charge in [-0.05, 0) is 19.9 Å². The average molecular weight is 153 g/mol. The van der Waals surface area contributed by atoms with Crippen LogP contribution in [-0.2, 0) is 9.59 Å². The minimum Gasteiger partial charge on any atom is -0.310 e. The minimum atomic E-state index is -0.277. The van der Waals surface area contributed by atoms with Gasteiger partial charge in [-0.25, -0.2) is 0 Å². The van der Waals surface area contributed by atoms with Crippen LogP contribution < -0.4 is 0 Å². The summed E-state index contributed by atoms with van der Waals surface area (Å²) in [4.78, 5) is 23.1. The average Bonchev–Trinajstić information content (AvgIpc) is 2.66. The van der Waals surface area contributed by atoms with Gasteiger partial charge in [0.25, 0.3) is 0 Å². The van der Waals surface area contributed by atoms with Crippen LogP contribution in [-0.4, -0.2) is 43.8 Å². The molecule has 60 valence electrons. The van der Waals surface area contributed by atoms with Crippen LogP contribution in [0.15, 0.2) is 0 Å². The van der Waals surface area contributed by atoms with Crippen molar-refractivity contribution in [3.8, 4) is 0 Å². The first-order valence-corrected chi connectivity index (χ1v) is 3.79. The Labute approximate surface area is 67.2 Å². The summed E-state index contributed by atoms with van der Waals surface area (Å²) in [5, 5.41) is 0. The SMILES string of the molecule is BC(=O)C1(N(C)CC=O)CC1. The Morgan fingerprint density at radius 3 is 2.55 bits per heavy atom. The van der Waals surface area contributed by atoms with Gasteiger partial charge in [-0.15, -0.1) is 0 Å². The molecule has 0 amide bonds. The normalized spacial score (nSPS) is 19.8. The van der Waals surface area contributed by atoms with E-state index in [0.717, 1.165) is 19.1 Å². The first kappa shape index (κ1) is 8.46. The second kappa shape index (κ2) is 2.78.